The second-order valence-electron chi connectivity index (χ2n) is 5.14. The highest BCUT2D eigenvalue weighted by atomic mass is 79.9. The molecule has 3 atom stereocenters. The minimum atomic E-state index is -0.168. The third-order valence-electron chi connectivity index (χ3n) is 4.03. The molecule has 0 spiro atoms. The van der Waals surface area contributed by atoms with Gasteiger partial charge in [0.05, 0.1) is 0 Å². The summed E-state index contributed by atoms with van der Waals surface area (Å²) in [5, 5.41) is 3.61. The van der Waals surface area contributed by atoms with Gasteiger partial charge >= 0.3 is 0 Å². The van der Waals surface area contributed by atoms with Gasteiger partial charge < -0.3 is 5.32 Å². The summed E-state index contributed by atoms with van der Waals surface area (Å²) >= 11 is 3.49. The zero-order valence-corrected chi connectivity index (χ0v) is 12.6. The van der Waals surface area contributed by atoms with E-state index in [1.807, 2.05) is 6.07 Å². The van der Waals surface area contributed by atoms with Crippen molar-refractivity contribution in [3.63, 3.8) is 0 Å². The molecule has 1 fully saturated rings. The van der Waals surface area contributed by atoms with Gasteiger partial charge in [0.1, 0.15) is 5.82 Å². The lowest BCUT2D eigenvalue weighted by molar-refractivity contribution is 0.160. The monoisotopic (exact) mass is 313 g/mol. The van der Waals surface area contributed by atoms with Gasteiger partial charge in [-0.1, -0.05) is 42.3 Å². The van der Waals surface area contributed by atoms with Crippen molar-refractivity contribution in [1.82, 2.24) is 5.32 Å². The molecule has 3 unspecified atom stereocenters. The van der Waals surface area contributed by atoms with Gasteiger partial charge in [0.2, 0.25) is 0 Å². The van der Waals surface area contributed by atoms with Gasteiger partial charge in [0, 0.05) is 10.5 Å². The molecular weight excluding hydrogens is 293 g/mol. The van der Waals surface area contributed by atoms with Crippen molar-refractivity contribution in [3.05, 3.63) is 34.1 Å². The van der Waals surface area contributed by atoms with Crippen LogP contribution in [0.1, 0.15) is 44.6 Å². The smallest absolute Gasteiger partial charge is 0.124 e. The van der Waals surface area contributed by atoms with Crippen LogP contribution < -0.4 is 5.32 Å². The van der Waals surface area contributed by atoms with Crippen LogP contribution in [-0.4, -0.2) is 12.6 Å². The van der Waals surface area contributed by atoms with Crippen molar-refractivity contribution in [2.45, 2.75) is 45.1 Å². The molecule has 1 aliphatic rings. The number of nitrogens with one attached hydrogen (secondary N) is 1. The summed E-state index contributed by atoms with van der Waals surface area (Å²) in [6.07, 6.45) is 3.52. The number of rotatable bonds is 5. The molecule has 100 valence electrons. The summed E-state index contributed by atoms with van der Waals surface area (Å²) < 4.78 is 14.0. The van der Waals surface area contributed by atoms with E-state index in [-0.39, 0.29) is 5.82 Å². The van der Waals surface area contributed by atoms with Gasteiger partial charge in [0.25, 0.3) is 0 Å². The quantitative estimate of drug-likeness (QED) is 0.845. The van der Waals surface area contributed by atoms with Crippen molar-refractivity contribution in [3.8, 4) is 0 Å². The number of hydrogen-bond acceptors (Lipinski definition) is 1. The van der Waals surface area contributed by atoms with Gasteiger partial charge in [-0.15, -0.1) is 0 Å². The third-order valence-corrected chi connectivity index (χ3v) is 4.72. The predicted molar refractivity (Wildman–Crippen MR) is 77.3 cm³/mol. The maximum absolute atomic E-state index is 13.1. The Hall–Kier alpha value is -0.410. The Morgan fingerprint density at radius 2 is 2.17 bits per heavy atom. The summed E-state index contributed by atoms with van der Waals surface area (Å²) in [6, 6.07) is 5.72. The minimum Gasteiger partial charge on any atom is -0.314 e. The van der Waals surface area contributed by atoms with E-state index in [1.54, 1.807) is 12.1 Å². The first kappa shape index (κ1) is 14.0. The van der Waals surface area contributed by atoms with Gasteiger partial charge in [-0.25, -0.2) is 4.39 Å². The molecule has 1 N–H and O–H groups in total. The van der Waals surface area contributed by atoms with Crippen molar-refractivity contribution in [2.75, 3.05) is 6.54 Å². The molecule has 2 rings (SSSR count). The predicted octanol–water partition coefficient (Wildman–Crippen LogP) is 4.47. The van der Waals surface area contributed by atoms with E-state index in [9.17, 15) is 4.39 Å². The fraction of sp³-hybridized carbons (Fsp3) is 0.600. The van der Waals surface area contributed by atoms with Crippen molar-refractivity contribution < 1.29 is 4.39 Å². The molecule has 3 heteroatoms. The molecule has 1 nitrogen and oxygen atoms in total. The van der Waals surface area contributed by atoms with Crippen LogP contribution in [0.5, 0.6) is 0 Å². The highest BCUT2D eigenvalue weighted by molar-refractivity contribution is 9.10. The molecule has 1 saturated carbocycles. The molecule has 1 aromatic carbocycles. The van der Waals surface area contributed by atoms with Crippen LogP contribution in [0.4, 0.5) is 4.39 Å². The van der Waals surface area contributed by atoms with Gasteiger partial charge in [-0.3, -0.25) is 0 Å². The van der Waals surface area contributed by atoms with Crippen LogP contribution >= 0.6 is 15.9 Å². The van der Waals surface area contributed by atoms with E-state index in [1.165, 1.54) is 24.8 Å². The molecule has 1 aromatic rings. The van der Waals surface area contributed by atoms with Crippen molar-refractivity contribution in [1.29, 1.82) is 0 Å². The Labute approximate surface area is 117 Å². The Balaban J connectivity index is 2.06. The van der Waals surface area contributed by atoms with Gasteiger partial charge in [-0.05, 0) is 48.9 Å². The van der Waals surface area contributed by atoms with E-state index in [0.29, 0.717) is 17.9 Å². The van der Waals surface area contributed by atoms with E-state index in [0.717, 1.165) is 11.0 Å². The molecular formula is C15H21BrFN. The zero-order chi connectivity index (χ0) is 13.1. The van der Waals surface area contributed by atoms with Crippen LogP contribution in [0.15, 0.2) is 22.7 Å². The largest absolute Gasteiger partial charge is 0.314 e. The molecule has 0 aromatic heterocycles. The summed E-state index contributed by atoms with van der Waals surface area (Å²) in [5.41, 5.74) is 1.26. The summed E-state index contributed by atoms with van der Waals surface area (Å²) in [5.74, 6) is 1.08. The molecule has 18 heavy (non-hydrogen) atoms. The van der Waals surface area contributed by atoms with Gasteiger partial charge in [-0.2, -0.15) is 0 Å². The average molecular weight is 314 g/mol. The lowest BCUT2D eigenvalue weighted by Gasteiger charge is -2.46. The molecule has 0 radical (unpaired) electrons. The molecule has 1 aliphatic carbocycles. The third kappa shape index (κ3) is 2.77. The Morgan fingerprint density at radius 1 is 1.39 bits per heavy atom. The lowest BCUT2D eigenvalue weighted by atomic mass is 9.65. The first-order valence-corrected chi connectivity index (χ1v) is 7.65. The van der Waals surface area contributed by atoms with Crippen LogP contribution in [0, 0.1) is 11.7 Å². The second kappa shape index (κ2) is 6.16. The molecule has 0 aliphatic heterocycles. The van der Waals surface area contributed by atoms with Crippen LogP contribution in [0.2, 0.25) is 0 Å². The van der Waals surface area contributed by atoms with Crippen LogP contribution in [0.3, 0.4) is 0 Å². The number of hydrogen-bond donors (Lipinski definition) is 1. The minimum absolute atomic E-state index is 0.168. The number of benzene rings is 1. The van der Waals surface area contributed by atoms with Crippen molar-refractivity contribution in [2.24, 2.45) is 5.92 Å². The maximum atomic E-state index is 13.1. The molecule has 0 bridgehead atoms. The zero-order valence-electron chi connectivity index (χ0n) is 11.0. The van der Waals surface area contributed by atoms with Crippen molar-refractivity contribution >= 4 is 15.9 Å². The van der Waals surface area contributed by atoms with Crippen LogP contribution in [0.25, 0.3) is 0 Å². The first-order chi connectivity index (χ1) is 8.67. The summed E-state index contributed by atoms with van der Waals surface area (Å²) in [6.45, 7) is 5.54. The second-order valence-corrected chi connectivity index (χ2v) is 6.00. The van der Waals surface area contributed by atoms with E-state index >= 15 is 0 Å². The fourth-order valence-corrected chi connectivity index (χ4v) is 3.65. The summed E-state index contributed by atoms with van der Waals surface area (Å²) in [4.78, 5) is 0. The van der Waals surface area contributed by atoms with Gasteiger partial charge in [0.15, 0.2) is 0 Å². The highest BCUT2D eigenvalue weighted by Gasteiger charge is 2.40. The van der Waals surface area contributed by atoms with E-state index in [4.69, 9.17) is 0 Å². The van der Waals surface area contributed by atoms with E-state index < -0.39 is 0 Å². The molecule has 0 amide bonds. The number of halogens is 2. The average Bonchev–Trinajstić information content (AvgIpc) is 2.31. The molecule has 0 saturated heterocycles. The summed E-state index contributed by atoms with van der Waals surface area (Å²) in [7, 11) is 0. The Bertz CT molecular complexity index is 407. The fourth-order valence-electron chi connectivity index (χ4n) is 3.00. The SMILES string of the molecule is CCCNC1CC(c2ccc(F)cc2Br)C1CC. The topological polar surface area (TPSA) is 12.0 Å². The van der Waals surface area contributed by atoms with E-state index in [2.05, 4.69) is 35.1 Å². The Morgan fingerprint density at radius 3 is 2.78 bits per heavy atom. The van der Waals surface area contributed by atoms with Crippen LogP contribution in [-0.2, 0) is 0 Å². The highest BCUT2D eigenvalue weighted by Crippen LogP contribution is 2.46. The maximum Gasteiger partial charge on any atom is 0.124 e. The molecule has 0 heterocycles. The Kier molecular flexibility index (Phi) is 4.79. The first-order valence-electron chi connectivity index (χ1n) is 6.85. The normalized spacial score (nSPS) is 27.0. The standard InChI is InChI=1S/C15H21BrFN/c1-3-7-18-15-9-13(11(15)4-2)12-6-5-10(17)8-14(12)16/h5-6,8,11,13,15,18H,3-4,7,9H2,1-2H3. The lowest BCUT2D eigenvalue weighted by Crippen LogP contribution is -2.49.